The number of hydrazone groups is 1. The number of nitrogens with zero attached hydrogens (tertiary/aromatic N) is 2. The number of nitrogens with one attached hydrogen (secondary N) is 1. The van der Waals surface area contributed by atoms with E-state index in [0.717, 1.165) is 10.9 Å². The number of ether oxygens (including phenoxy) is 1. The zero-order valence-electron chi connectivity index (χ0n) is 11.9. The minimum absolute atomic E-state index is 0.0550. The maximum atomic E-state index is 12.2. The third kappa shape index (κ3) is 3.47. The van der Waals surface area contributed by atoms with Crippen LogP contribution < -0.4 is 10.2 Å². The first-order chi connectivity index (χ1) is 10.5. The summed E-state index contributed by atoms with van der Waals surface area (Å²) in [6.45, 7) is 1.76. The van der Waals surface area contributed by atoms with Gasteiger partial charge in [-0.3, -0.25) is 14.9 Å². The number of carbonyl (C=O) groups excluding carboxylic acids is 1. The molecular weight excluding hydrogens is 306 g/mol. The standard InChI is InChI=1S/C14H13N3O4S/c1-9(13-4-3-7-22-13)15-16-14(18)11-8-10(17(19)20)5-6-12(11)21-2/h3-8H,1-2H3,(H,16,18)/b15-9-. The summed E-state index contributed by atoms with van der Waals surface area (Å²) in [5.41, 5.74) is 2.89. The number of amides is 1. The molecule has 0 fully saturated rings. The second-order valence-corrected chi connectivity index (χ2v) is 5.20. The number of hydrogen-bond acceptors (Lipinski definition) is 6. The minimum Gasteiger partial charge on any atom is -0.496 e. The lowest BCUT2D eigenvalue weighted by atomic mass is 10.1. The molecule has 0 spiro atoms. The monoisotopic (exact) mass is 319 g/mol. The van der Waals surface area contributed by atoms with Crippen LogP contribution in [0.25, 0.3) is 0 Å². The average molecular weight is 319 g/mol. The molecule has 0 bridgehead atoms. The molecule has 1 aromatic carbocycles. The summed E-state index contributed by atoms with van der Waals surface area (Å²) >= 11 is 1.50. The van der Waals surface area contributed by atoms with E-state index in [4.69, 9.17) is 4.74 Å². The lowest BCUT2D eigenvalue weighted by Gasteiger charge is -2.07. The van der Waals surface area contributed by atoms with E-state index in [1.54, 1.807) is 6.92 Å². The highest BCUT2D eigenvalue weighted by molar-refractivity contribution is 7.12. The van der Waals surface area contributed by atoms with Crippen LogP contribution in [-0.2, 0) is 0 Å². The highest BCUT2D eigenvalue weighted by atomic mass is 32.1. The molecule has 0 atom stereocenters. The van der Waals surface area contributed by atoms with Crippen LogP contribution in [-0.4, -0.2) is 23.7 Å². The number of methoxy groups -OCH3 is 1. The van der Waals surface area contributed by atoms with Crippen LogP contribution in [0.15, 0.2) is 40.8 Å². The van der Waals surface area contributed by atoms with Gasteiger partial charge in [0, 0.05) is 17.0 Å². The second kappa shape index (κ2) is 6.81. The number of nitro benzene ring substituents is 1. The number of benzene rings is 1. The number of thiophene rings is 1. The van der Waals surface area contributed by atoms with Crippen LogP contribution in [0.3, 0.4) is 0 Å². The van der Waals surface area contributed by atoms with E-state index >= 15 is 0 Å². The van der Waals surface area contributed by atoms with Crippen molar-refractivity contribution in [2.75, 3.05) is 7.11 Å². The number of non-ortho nitro benzene ring substituents is 1. The first kappa shape index (κ1) is 15.6. The van der Waals surface area contributed by atoms with Crippen molar-refractivity contribution in [3.05, 3.63) is 56.3 Å². The second-order valence-electron chi connectivity index (χ2n) is 4.26. The van der Waals surface area contributed by atoms with Gasteiger partial charge in [-0.25, -0.2) is 5.43 Å². The molecule has 0 saturated heterocycles. The van der Waals surface area contributed by atoms with Crippen LogP contribution in [0.1, 0.15) is 22.2 Å². The smallest absolute Gasteiger partial charge is 0.275 e. The molecular formula is C14H13N3O4S. The van der Waals surface area contributed by atoms with Crippen LogP contribution in [0.2, 0.25) is 0 Å². The van der Waals surface area contributed by atoms with Gasteiger partial charge in [-0.05, 0) is 24.4 Å². The van der Waals surface area contributed by atoms with Crippen molar-refractivity contribution in [2.24, 2.45) is 5.10 Å². The van der Waals surface area contributed by atoms with E-state index < -0.39 is 10.8 Å². The number of hydrogen-bond donors (Lipinski definition) is 1. The summed E-state index contributed by atoms with van der Waals surface area (Å²) in [6, 6.07) is 7.57. The molecule has 0 radical (unpaired) electrons. The Balaban J connectivity index is 2.23. The lowest BCUT2D eigenvalue weighted by Crippen LogP contribution is -2.20. The van der Waals surface area contributed by atoms with Gasteiger partial charge in [0.15, 0.2) is 0 Å². The van der Waals surface area contributed by atoms with Crippen molar-refractivity contribution in [1.82, 2.24) is 5.43 Å². The molecule has 0 saturated carbocycles. The number of carbonyl (C=O) groups is 1. The van der Waals surface area contributed by atoms with E-state index in [-0.39, 0.29) is 17.0 Å². The molecule has 8 heteroatoms. The van der Waals surface area contributed by atoms with E-state index in [9.17, 15) is 14.9 Å². The quantitative estimate of drug-likeness (QED) is 0.521. The molecule has 7 nitrogen and oxygen atoms in total. The van der Waals surface area contributed by atoms with Gasteiger partial charge in [0.25, 0.3) is 11.6 Å². The molecule has 22 heavy (non-hydrogen) atoms. The molecule has 1 heterocycles. The Labute approximate surface area is 130 Å². The summed E-state index contributed by atoms with van der Waals surface area (Å²) in [6.07, 6.45) is 0. The van der Waals surface area contributed by atoms with Gasteiger partial charge in [-0.15, -0.1) is 11.3 Å². The Hall–Kier alpha value is -2.74. The Morgan fingerprint density at radius 3 is 2.77 bits per heavy atom. The zero-order valence-corrected chi connectivity index (χ0v) is 12.7. The number of rotatable bonds is 5. The van der Waals surface area contributed by atoms with Crippen molar-refractivity contribution in [2.45, 2.75) is 6.92 Å². The van der Waals surface area contributed by atoms with E-state index in [2.05, 4.69) is 10.5 Å². The zero-order chi connectivity index (χ0) is 16.1. The average Bonchev–Trinajstić information content (AvgIpc) is 3.06. The maximum absolute atomic E-state index is 12.2. The summed E-state index contributed by atoms with van der Waals surface area (Å²) in [4.78, 5) is 23.3. The van der Waals surface area contributed by atoms with Crippen molar-refractivity contribution in [1.29, 1.82) is 0 Å². The molecule has 1 amide bonds. The largest absolute Gasteiger partial charge is 0.496 e. The third-order valence-electron chi connectivity index (χ3n) is 2.84. The van der Waals surface area contributed by atoms with Gasteiger partial charge in [0.2, 0.25) is 0 Å². The fourth-order valence-electron chi connectivity index (χ4n) is 1.72. The van der Waals surface area contributed by atoms with Crippen molar-refractivity contribution < 1.29 is 14.5 Å². The van der Waals surface area contributed by atoms with Crippen LogP contribution >= 0.6 is 11.3 Å². The molecule has 1 N–H and O–H groups in total. The van der Waals surface area contributed by atoms with Crippen molar-refractivity contribution >= 4 is 28.6 Å². The summed E-state index contributed by atoms with van der Waals surface area (Å²) in [7, 11) is 1.39. The van der Waals surface area contributed by atoms with Gasteiger partial charge in [0.1, 0.15) is 5.75 Å². The summed E-state index contributed by atoms with van der Waals surface area (Å²) < 4.78 is 5.05. The maximum Gasteiger partial charge on any atom is 0.275 e. The van der Waals surface area contributed by atoms with Gasteiger partial charge >= 0.3 is 0 Å². The molecule has 2 rings (SSSR count). The fraction of sp³-hybridized carbons (Fsp3) is 0.143. The molecule has 0 aliphatic carbocycles. The molecule has 1 aromatic heterocycles. The Morgan fingerprint density at radius 1 is 1.41 bits per heavy atom. The summed E-state index contributed by atoms with van der Waals surface area (Å²) in [5, 5.41) is 16.7. The Morgan fingerprint density at radius 2 is 2.18 bits per heavy atom. The summed E-state index contributed by atoms with van der Waals surface area (Å²) in [5.74, 6) is -0.330. The minimum atomic E-state index is -0.573. The number of nitro groups is 1. The van der Waals surface area contributed by atoms with Crippen LogP contribution in [0, 0.1) is 10.1 Å². The van der Waals surface area contributed by atoms with E-state index in [1.165, 1.54) is 30.6 Å². The Kier molecular flexibility index (Phi) is 4.84. The SMILES string of the molecule is COc1ccc([N+](=O)[O-])cc1C(=O)N/N=C(/C)c1cccs1. The predicted octanol–water partition coefficient (Wildman–Crippen LogP) is 2.82. The highest BCUT2D eigenvalue weighted by Crippen LogP contribution is 2.23. The fourth-order valence-corrected chi connectivity index (χ4v) is 2.40. The van der Waals surface area contributed by atoms with Gasteiger partial charge in [-0.2, -0.15) is 5.10 Å². The van der Waals surface area contributed by atoms with E-state index in [0.29, 0.717) is 5.71 Å². The van der Waals surface area contributed by atoms with Crippen LogP contribution in [0.5, 0.6) is 5.75 Å². The van der Waals surface area contributed by atoms with Crippen molar-refractivity contribution in [3.8, 4) is 5.75 Å². The van der Waals surface area contributed by atoms with Crippen molar-refractivity contribution in [3.63, 3.8) is 0 Å². The third-order valence-corrected chi connectivity index (χ3v) is 3.82. The Bertz CT molecular complexity index is 726. The molecule has 0 aliphatic heterocycles. The first-order valence-corrected chi connectivity index (χ1v) is 7.12. The van der Waals surface area contributed by atoms with Gasteiger partial charge in [0.05, 0.1) is 23.3 Å². The van der Waals surface area contributed by atoms with E-state index in [1.807, 2.05) is 17.5 Å². The topological polar surface area (TPSA) is 93.8 Å². The molecule has 0 unspecified atom stereocenters. The van der Waals surface area contributed by atoms with Gasteiger partial charge < -0.3 is 4.74 Å². The molecule has 114 valence electrons. The van der Waals surface area contributed by atoms with Crippen LogP contribution in [0.4, 0.5) is 5.69 Å². The highest BCUT2D eigenvalue weighted by Gasteiger charge is 2.17. The molecule has 2 aromatic rings. The van der Waals surface area contributed by atoms with Gasteiger partial charge in [-0.1, -0.05) is 6.07 Å². The normalized spacial score (nSPS) is 11.1. The lowest BCUT2D eigenvalue weighted by molar-refractivity contribution is -0.384. The first-order valence-electron chi connectivity index (χ1n) is 6.24. The predicted molar refractivity (Wildman–Crippen MR) is 83.6 cm³/mol. The molecule has 0 aliphatic rings.